The standard InChI is InChI=1S/C30H34N12O4/c1-39(2)11-7-10-31-28(44)22-16-21(34-35-22)25-26-24(23(46-3)18-33-25)20(17-32-26)27(43)29(45)40-12-14-41(15-13-40)30-36-37-38-42(30)19-8-5-4-6-9-19/h4-6,8-9,16-18,32H,7,10-15H2,1-3H3,(H,31,44)(H,34,35). The van der Waals surface area contributed by atoms with Gasteiger partial charge in [0.25, 0.3) is 17.6 Å². The highest BCUT2D eigenvalue weighted by Crippen LogP contribution is 2.34. The number of para-hydroxylation sites is 1. The molecule has 0 aliphatic carbocycles. The lowest BCUT2D eigenvalue weighted by atomic mass is 10.1. The molecule has 6 rings (SSSR count). The molecule has 5 aromatic rings. The maximum absolute atomic E-state index is 13.6. The molecular weight excluding hydrogens is 592 g/mol. The summed E-state index contributed by atoms with van der Waals surface area (Å²) in [6.45, 7) is 2.89. The Morgan fingerprint density at radius 1 is 1.09 bits per heavy atom. The lowest BCUT2D eigenvalue weighted by Gasteiger charge is -2.34. The van der Waals surface area contributed by atoms with E-state index in [-0.39, 0.29) is 17.2 Å². The monoisotopic (exact) mass is 626 g/mol. The normalized spacial score (nSPS) is 13.4. The second kappa shape index (κ2) is 13.2. The summed E-state index contributed by atoms with van der Waals surface area (Å²) >= 11 is 0. The van der Waals surface area contributed by atoms with Gasteiger partial charge in [0, 0.05) is 38.9 Å². The number of benzene rings is 1. The number of fused-ring (bicyclic) bond motifs is 1. The number of hydrogen-bond donors (Lipinski definition) is 3. The van der Waals surface area contributed by atoms with Gasteiger partial charge in [0.05, 0.1) is 35.5 Å². The zero-order valence-corrected chi connectivity index (χ0v) is 25.7. The van der Waals surface area contributed by atoms with Crippen LogP contribution in [0.3, 0.4) is 0 Å². The summed E-state index contributed by atoms with van der Waals surface area (Å²) < 4.78 is 7.17. The molecule has 4 aromatic heterocycles. The molecule has 3 N–H and O–H groups in total. The summed E-state index contributed by atoms with van der Waals surface area (Å²) in [5.74, 6) is -0.704. The lowest BCUT2D eigenvalue weighted by Crippen LogP contribution is -2.51. The van der Waals surface area contributed by atoms with Crippen LogP contribution in [0.4, 0.5) is 5.95 Å². The van der Waals surface area contributed by atoms with E-state index in [2.05, 4.69) is 41.0 Å². The number of tetrazole rings is 1. The molecule has 1 saturated heterocycles. The van der Waals surface area contributed by atoms with Crippen molar-refractivity contribution in [2.75, 3.05) is 65.4 Å². The Bertz CT molecular complexity index is 1850. The minimum Gasteiger partial charge on any atom is -0.494 e. The van der Waals surface area contributed by atoms with Gasteiger partial charge in [0.15, 0.2) is 0 Å². The number of carbonyl (C=O) groups is 3. The number of Topliss-reactive ketones (excluding diaryl/α,β-unsaturated/α-hetero) is 1. The van der Waals surface area contributed by atoms with Crippen molar-refractivity contribution in [2.24, 2.45) is 0 Å². The number of aromatic nitrogens is 8. The van der Waals surface area contributed by atoms with E-state index >= 15 is 0 Å². The molecule has 1 aromatic carbocycles. The van der Waals surface area contributed by atoms with Crippen LogP contribution in [0.5, 0.6) is 5.75 Å². The number of rotatable bonds is 11. The smallest absolute Gasteiger partial charge is 0.295 e. The molecule has 0 radical (unpaired) electrons. The quantitative estimate of drug-likeness (QED) is 0.109. The number of piperazine rings is 1. The van der Waals surface area contributed by atoms with E-state index in [4.69, 9.17) is 4.74 Å². The number of amides is 2. The molecule has 0 unspecified atom stereocenters. The molecule has 0 atom stereocenters. The van der Waals surface area contributed by atoms with Crippen molar-refractivity contribution in [1.82, 2.24) is 55.5 Å². The number of carbonyl (C=O) groups excluding carboxylic acids is 3. The predicted molar refractivity (Wildman–Crippen MR) is 168 cm³/mol. The van der Waals surface area contributed by atoms with E-state index in [1.807, 2.05) is 54.2 Å². The van der Waals surface area contributed by atoms with E-state index in [9.17, 15) is 14.4 Å². The van der Waals surface area contributed by atoms with Crippen LogP contribution in [0.1, 0.15) is 27.3 Å². The van der Waals surface area contributed by atoms with Gasteiger partial charge < -0.3 is 29.7 Å². The average molecular weight is 627 g/mol. The third-order valence-electron chi connectivity index (χ3n) is 7.77. The zero-order valence-electron chi connectivity index (χ0n) is 25.7. The van der Waals surface area contributed by atoms with E-state index < -0.39 is 11.7 Å². The summed E-state index contributed by atoms with van der Waals surface area (Å²) in [6.07, 6.45) is 3.76. The van der Waals surface area contributed by atoms with Crippen LogP contribution in [0.15, 0.2) is 48.8 Å². The largest absolute Gasteiger partial charge is 0.494 e. The number of nitrogens with one attached hydrogen (secondary N) is 3. The molecule has 0 saturated carbocycles. The van der Waals surface area contributed by atoms with E-state index in [0.717, 1.165) is 18.7 Å². The minimum atomic E-state index is -0.677. The van der Waals surface area contributed by atoms with Crippen molar-refractivity contribution >= 4 is 34.4 Å². The number of ether oxygens (including phenoxy) is 1. The van der Waals surface area contributed by atoms with Crippen LogP contribution >= 0.6 is 0 Å². The Morgan fingerprint density at radius 2 is 1.87 bits per heavy atom. The highest BCUT2D eigenvalue weighted by atomic mass is 16.5. The number of nitrogens with zero attached hydrogens (tertiary/aromatic N) is 9. The molecule has 1 aliphatic heterocycles. The lowest BCUT2D eigenvalue weighted by molar-refractivity contribution is -0.126. The second-order valence-corrected chi connectivity index (χ2v) is 11.0. The summed E-state index contributed by atoms with van der Waals surface area (Å²) in [6, 6.07) is 11.1. The van der Waals surface area contributed by atoms with Gasteiger partial charge in [-0.1, -0.05) is 23.3 Å². The third-order valence-corrected chi connectivity index (χ3v) is 7.77. The Hall–Kier alpha value is -5.64. The Balaban J connectivity index is 1.17. The topological polar surface area (TPSA) is 183 Å². The molecule has 1 aliphatic rings. The van der Waals surface area contributed by atoms with Gasteiger partial charge in [-0.3, -0.25) is 19.5 Å². The number of aromatic amines is 2. The fourth-order valence-corrected chi connectivity index (χ4v) is 5.38. The molecular formula is C30H34N12O4. The number of methoxy groups -OCH3 is 1. The third kappa shape index (κ3) is 6.01. The first-order chi connectivity index (χ1) is 22.4. The molecule has 238 valence electrons. The van der Waals surface area contributed by atoms with Crippen LogP contribution in [0, 0.1) is 0 Å². The van der Waals surface area contributed by atoms with Crippen molar-refractivity contribution in [1.29, 1.82) is 0 Å². The van der Waals surface area contributed by atoms with E-state index in [1.54, 1.807) is 10.7 Å². The van der Waals surface area contributed by atoms with Gasteiger partial charge in [-0.15, -0.1) is 0 Å². The number of anilines is 1. The molecule has 16 nitrogen and oxygen atoms in total. The average Bonchev–Trinajstić information content (AvgIpc) is 3.86. The summed E-state index contributed by atoms with van der Waals surface area (Å²) in [7, 11) is 5.42. The fourth-order valence-electron chi connectivity index (χ4n) is 5.38. The predicted octanol–water partition coefficient (Wildman–Crippen LogP) is 1.15. The van der Waals surface area contributed by atoms with Crippen molar-refractivity contribution in [3.05, 3.63) is 60.0 Å². The van der Waals surface area contributed by atoms with Gasteiger partial charge in [0.2, 0.25) is 5.95 Å². The molecule has 46 heavy (non-hydrogen) atoms. The Morgan fingerprint density at radius 3 is 2.61 bits per heavy atom. The highest BCUT2D eigenvalue weighted by Gasteiger charge is 2.31. The SMILES string of the molecule is COc1cnc(-c2cc(C(=O)NCCCN(C)C)[nH]n2)c2[nH]cc(C(=O)C(=O)N3CCN(c4nnnn4-c4ccccc4)CC3)c12. The molecule has 1 fully saturated rings. The van der Waals surface area contributed by atoms with Gasteiger partial charge in [-0.05, 0) is 55.7 Å². The summed E-state index contributed by atoms with van der Waals surface area (Å²) in [5, 5.41) is 22.5. The van der Waals surface area contributed by atoms with E-state index in [0.29, 0.717) is 66.7 Å². The second-order valence-electron chi connectivity index (χ2n) is 11.0. The first kappa shape index (κ1) is 30.4. The number of pyridine rings is 1. The van der Waals surface area contributed by atoms with Crippen molar-refractivity contribution in [3.63, 3.8) is 0 Å². The molecule has 16 heteroatoms. The maximum Gasteiger partial charge on any atom is 0.295 e. The Labute approximate surface area is 263 Å². The van der Waals surface area contributed by atoms with Crippen LogP contribution < -0.4 is 15.0 Å². The molecule has 5 heterocycles. The number of hydrogen-bond acceptors (Lipinski definition) is 11. The van der Waals surface area contributed by atoms with Gasteiger partial charge in [-0.25, -0.2) is 4.98 Å². The van der Waals surface area contributed by atoms with Crippen LogP contribution in [-0.4, -0.2) is 128 Å². The van der Waals surface area contributed by atoms with Crippen molar-refractivity contribution < 1.29 is 19.1 Å². The highest BCUT2D eigenvalue weighted by molar-refractivity contribution is 6.45. The van der Waals surface area contributed by atoms with Crippen molar-refractivity contribution in [3.8, 4) is 22.8 Å². The first-order valence-corrected chi connectivity index (χ1v) is 14.8. The minimum absolute atomic E-state index is 0.158. The van der Waals surface area contributed by atoms with Gasteiger partial charge in [0.1, 0.15) is 22.8 Å². The van der Waals surface area contributed by atoms with Crippen LogP contribution in [-0.2, 0) is 4.79 Å². The molecule has 2 amide bonds. The summed E-state index contributed by atoms with van der Waals surface area (Å²) in [5.41, 5.74) is 2.51. The molecule has 0 bridgehead atoms. The van der Waals surface area contributed by atoms with Crippen LogP contribution in [0.25, 0.3) is 28.0 Å². The van der Waals surface area contributed by atoms with Crippen molar-refractivity contribution in [2.45, 2.75) is 6.42 Å². The first-order valence-electron chi connectivity index (χ1n) is 14.8. The van der Waals surface area contributed by atoms with E-state index in [1.165, 1.54) is 24.4 Å². The Kier molecular flexibility index (Phi) is 8.69. The molecule has 0 spiro atoms. The van der Waals surface area contributed by atoms with Gasteiger partial charge in [-0.2, -0.15) is 9.78 Å². The number of H-pyrrole nitrogens is 2. The maximum atomic E-state index is 13.6. The number of ketones is 1. The summed E-state index contributed by atoms with van der Waals surface area (Å²) in [4.78, 5) is 52.9. The zero-order chi connectivity index (χ0) is 32.2. The fraction of sp³-hybridized carbons (Fsp3) is 0.333. The van der Waals surface area contributed by atoms with Crippen LogP contribution in [0.2, 0.25) is 0 Å². The van der Waals surface area contributed by atoms with Gasteiger partial charge >= 0.3 is 0 Å².